The molecule has 3 heteroatoms. The first-order valence-electron chi connectivity index (χ1n) is 5.60. The highest BCUT2D eigenvalue weighted by Gasteiger charge is 2.40. The van der Waals surface area contributed by atoms with Crippen molar-refractivity contribution >= 4 is 6.47 Å². The Morgan fingerprint density at radius 3 is 2.56 bits per heavy atom. The van der Waals surface area contributed by atoms with Crippen LogP contribution in [0.4, 0.5) is 0 Å². The average molecular weight is 224 g/mol. The number of carboxylic acid groups (broad SMARTS) is 1. The molecule has 0 aliphatic heterocycles. The molecule has 0 heterocycles. The van der Waals surface area contributed by atoms with Gasteiger partial charge in [-0.3, -0.25) is 4.79 Å². The summed E-state index contributed by atoms with van der Waals surface area (Å²) >= 11 is 0. The van der Waals surface area contributed by atoms with Crippen LogP contribution in [-0.2, 0) is 4.79 Å². The number of aliphatic hydroxyl groups excluding tert-OH is 1. The Hall–Kier alpha value is -1.25. The van der Waals surface area contributed by atoms with Gasteiger partial charge in [-0.05, 0) is 44.1 Å². The van der Waals surface area contributed by atoms with E-state index in [-0.39, 0.29) is 6.47 Å². The molecule has 16 heavy (non-hydrogen) atoms. The first-order valence-corrected chi connectivity index (χ1v) is 5.60. The maximum atomic E-state index is 9.55. The lowest BCUT2D eigenvalue weighted by Crippen LogP contribution is -2.32. The minimum absolute atomic E-state index is 0.250. The molecule has 1 saturated carbocycles. The van der Waals surface area contributed by atoms with Gasteiger partial charge in [0, 0.05) is 5.92 Å². The molecule has 3 rings (SSSR count). The van der Waals surface area contributed by atoms with Gasteiger partial charge in [0.05, 0.1) is 5.76 Å². The highest BCUT2D eigenvalue weighted by molar-refractivity contribution is 5.33. The molecule has 3 aliphatic rings. The summed E-state index contributed by atoms with van der Waals surface area (Å²) in [6.07, 6.45) is 5.93. The standard InChI is InChI=1S/C12H18O.CH2O2/c1-8-6-10-4-5-12(8,3)7-11(10)9(2)13;2-1-3/h6,10,13H,4-5,7H2,1-3H3;1H,(H,2,3). The third-order valence-corrected chi connectivity index (χ3v) is 3.90. The number of hydrogen-bond donors (Lipinski definition) is 2. The lowest BCUT2D eigenvalue weighted by Gasteiger charge is -2.45. The van der Waals surface area contributed by atoms with Gasteiger partial charge in [-0.15, -0.1) is 0 Å². The van der Waals surface area contributed by atoms with Crippen LogP contribution >= 0.6 is 0 Å². The summed E-state index contributed by atoms with van der Waals surface area (Å²) in [6, 6.07) is 0. The predicted octanol–water partition coefficient (Wildman–Crippen LogP) is 3.29. The zero-order valence-electron chi connectivity index (χ0n) is 10.2. The molecule has 0 saturated heterocycles. The highest BCUT2D eigenvalue weighted by atomic mass is 16.3. The lowest BCUT2D eigenvalue weighted by molar-refractivity contribution is -0.122. The summed E-state index contributed by atoms with van der Waals surface area (Å²) in [5.41, 5.74) is 3.14. The van der Waals surface area contributed by atoms with Crippen LogP contribution in [0.25, 0.3) is 0 Å². The third-order valence-electron chi connectivity index (χ3n) is 3.90. The molecule has 3 nitrogen and oxygen atoms in total. The topological polar surface area (TPSA) is 57.5 Å². The Morgan fingerprint density at radius 1 is 1.62 bits per heavy atom. The van der Waals surface area contributed by atoms with Gasteiger partial charge in [0.2, 0.25) is 0 Å². The minimum Gasteiger partial charge on any atom is -0.513 e. The normalized spacial score (nSPS) is 34.7. The maximum absolute atomic E-state index is 9.55. The van der Waals surface area contributed by atoms with Crippen molar-refractivity contribution < 1.29 is 15.0 Å². The molecular formula is C13H20O3. The van der Waals surface area contributed by atoms with E-state index in [1.807, 2.05) is 6.92 Å². The maximum Gasteiger partial charge on any atom is 0.290 e. The van der Waals surface area contributed by atoms with Crippen LogP contribution in [0.15, 0.2) is 23.0 Å². The highest BCUT2D eigenvalue weighted by Crippen LogP contribution is 2.52. The largest absolute Gasteiger partial charge is 0.513 e. The number of rotatable bonds is 0. The van der Waals surface area contributed by atoms with Crippen molar-refractivity contribution in [3.8, 4) is 0 Å². The van der Waals surface area contributed by atoms with Crippen molar-refractivity contribution in [3.63, 3.8) is 0 Å². The van der Waals surface area contributed by atoms with Crippen LogP contribution < -0.4 is 0 Å². The minimum atomic E-state index is -0.250. The Kier molecular flexibility index (Phi) is 3.79. The Balaban J connectivity index is 0.000000386. The lowest BCUT2D eigenvalue weighted by atomic mass is 9.60. The molecule has 1 fully saturated rings. The van der Waals surface area contributed by atoms with Crippen LogP contribution in [-0.4, -0.2) is 16.7 Å². The molecule has 0 aromatic carbocycles. The third kappa shape index (κ3) is 2.29. The van der Waals surface area contributed by atoms with Crippen molar-refractivity contribution in [1.29, 1.82) is 0 Å². The Labute approximate surface area is 96.5 Å². The summed E-state index contributed by atoms with van der Waals surface area (Å²) in [7, 11) is 0. The smallest absolute Gasteiger partial charge is 0.290 e. The fraction of sp³-hybridized carbons (Fsp3) is 0.615. The van der Waals surface area contributed by atoms with E-state index in [2.05, 4.69) is 19.9 Å². The molecule has 0 aromatic rings. The second-order valence-electron chi connectivity index (χ2n) is 4.95. The number of carbonyl (C=O) groups is 1. The van der Waals surface area contributed by atoms with Gasteiger partial charge in [-0.25, -0.2) is 0 Å². The van der Waals surface area contributed by atoms with E-state index in [0.717, 1.165) is 6.42 Å². The van der Waals surface area contributed by atoms with Crippen LogP contribution in [0.3, 0.4) is 0 Å². The summed E-state index contributed by atoms with van der Waals surface area (Å²) in [5, 5.41) is 16.4. The van der Waals surface area contributed by atoms with E-state index in [1.165, 1.54) is 24.0 Å². The van der Waals surface area contributed by atoms with Crippen molar-refractivity contribution in [2.75, 3.05) is 0 Å². The van der Waals surface area contributed by atoms with Gasteiger partial charge in [0.25, 0.3) is 6.47 Å². The molecule has 0 aromatic heterocycles. The Morgan fingerprint density at radius 2 is 2.19 bits per heavy atom. The molecular weight excluding hydrogens is 204 g/mol. The fourth-order valence-corrected chi connectivity index (χ4v) is 2.71. The second-order valence-corrected chi connectivity index (χ2v) is 4.95. The zero-order chi connectivity index (χ0) is 12.3. The summed E-state index contributed by atoms with van der Waals surface area (Å²) in [5.74, 6) is 1.09. The van der Waals surface area contributed by atoms with Crippen LogP contribution in [0, 0.1) is 11.3 Å². The summed E-state index contributed by atoms with van der Waals surface area (Å²) in [4.78, 5) is 8.36. The molecule has 0 amide bonds. The number of hydrogen-bond acceptors (Lipinski definition) is 2. The first-order chi connectivity index (χ1) is 7.44. The van der Waals surface area contributed by atoms with E-state index in [0.29, 0.717) is 17.1 Å². The average Bonchev–Trinajstić information content (AvgIpc) is 2.20. The fourth-order valence-electron chi connectivity index (χ4n) is 2.71. The molecule has 2 bridgehead atoms. The SMILES string of the molecule is CC1=CC2CCC1(C)CC2=C(C)O.O=CO. The van der Waals surface area contributed by atoms with Crippen LogP contribution in [0.2, 0.25) is 0 Å². The van der Waals surface area contributed by atoms with Gasteiger partial charge in [-0.2, -0.15) is 0 Å². The molecule has 0 spiro atoms. The van der Waals surface area contributed by atoms with E-state index in [4.69, 9.17) is 9.90 Å². The van der Waals surface area contributed by atoms with Gasteiger partial charge in [0.15, 0.2) is 0 Å². The summed E-state index contributed by atoms with van der Waals surface area (Å²) in [6.45, 7) is 6.12. The predicted molar refractivity (Wildman–Crippen MR) is 63.2 cm³/mol. The van der Waals surface area contributed by atoms with Gasteiger partial charge in [-0.1, -0.05) is 18.6 Å². The molecule has 2 N–H and O–H groups in total. The monoisotopic (exact) mass is 224 g/mol. The van der Waals surface area contributed by atoms with Crippen molar-refractivity contribution in [2.45, 2.75) is 40.0 Å². The quantitative estimate of drug-likeness (QED) is 0.377. The van der Waals surface area contributed by atoms with Crippen molar-refractivity contribution in [2.24, 2.45) is 11.3 Å². The molecule has 0 radical (unpaired) electrons. The molecule has 2 atom stereocenters. The van der Waals surface area contributed by atoms with E-state index in [1.54, 1.807) is 0 Å². The van der Waals surface area contributed by atoms with Gasteiger partial charge < -0.3 is 10.2 Å². The van der Waals surface area contributed by atoms with Crippen molar-refractivity contribution in [3.05, 3.63) is 23.0 Å². The van der Waals surface area contributed by atoms with Gasteiger partial charge >= 0.3 is 0 Å². The van der Waals surface area contributed by atoms with E-state index < -0.39 is 0 Å². The number of fused-ring (bicyclic) bond motifs is 2. The molecule has 90 valence electrons. The van der Waals surface area contributed by atoms with Gasteiger partial charge in [0.1, 0.15) is 0 Å². The number of aliphatic hydroxyl groups is 1. The van der Waals surface area contributed by atoms with Crippen molar-refractivity contribution in [1.82, 2.24) is 0 Å². The molecule has 2 unspecified atom stereocenters. The zero-order valence-corrected chi connectivity index (χ0v) is 10.2. The Bertz CT molecular complexity index is 337. The van der Waals surface area contributed by atoms with Crippen LogP contribution in [0.5, 0.6) is 0 Å². The van der Waals surface area contributed by atoms with E-state index in [9.17, 15) is 5.11 Å². The molecule has 3 aliphatic carbocycles. The van der Waals surface area contributed by atoms with E-state index >= 15 is 0 Å². The second kappa shape index (κ2) is 4.73. The number of allylic oxidation sites excluding steroid dienone is 4. The summed E-state index contributed by atoms with van der Waals surface area (Å²) < 4.78 is 0. The first kappa shape index (κ1) is 12.8. The van der Waals surface area contributed by atoms with Crippen LogP contribution in [0.1, 0.15) is 40.0 Å².